The van der Waals surface area contributed by atoms with Crippen LogP contribution < -0.4 is 5.32 Å². The molecule has 1 N–H and O–H groups in total. The van der Waals surface area contributed by atoms with Gasteiger partial charge in [0.2, 0.25) is 0 Å². The van der Waals surface area contributed by atoms with Crippen LogP contribution in [0.3, 0.4) is 0 Å². The van der Waals surface area contributed by atoms with Crippen molar-refractivity contribution in [3.8, 4) is 33.5 Å². The molecule has 2 aromatic heterocycles. The van der Waals surface area contributed by atoms with E-state index in [0.717, 1.165) is 62.1 Å². The molecule has 0 aliphatic carbocycles. The number of nitrogens with zero attached hydrogens (tertiary/aromatic N) is 1. The lowest BCUT2D eigenvalue weighted by Gasteiger charge is -2.24. The number of hydrogen-bond donors (Lipinski definition) is 1. The fraction of sp³-hybridized carbons (Fsp3) is 0.194. The van der Waals surface area contributed by atoms with E-state index in [2.05, 4.69) is 113 Å². The zero-order valence-corrected chi connectivity index (χ0v) is 23.1. The van der Waals surface area contributed by atoms with Gasteiger partial charge in [0, 0.05) is 50.6 Å². The first-order chi connectivity index (χ1) is 18.7. The second-order valence-electron chi connectivity index (χ2n) is 12.1. The first-order valence-corrected chi connectivity index (χ1v) is 13.7. The minimum Gasteiger partial charge on any atom is -0.455 e. The second kappa shape index (κ2) is 8.57. The van der Waals surface area contributed by atoms with Gasteiger partial charge in [0.15, 0.2) is 0 Å². The molecule has 3 heterocycles. The number of furan rings is 1. The van der Waals surface area contributed by atoms with Gasteiger partial charge >= 0.3 is 0 Å². The predicted octanol–water partition coefficient (Wildman–Crippen LogP) is 10.2. The van der Waals surface area contributed by atoms with Crippen LogP contribution in [0.15, 0.2) is 89.5 Å². The predicted molar refractivity (Wildman–Crippen MR) is 164 cm³/mol. The van der Waals surface area contributed by atoms with E-state index in [9.17, 15) is 0 Å². The van der Waals surface area contributed by atoms with Crippen LogP contribution in [0.25, 0.3) is 55.4 Å². The van der Waals surface area contributed by atoms with Crippen LogP contribution in [0.5, 0.6) is 0 Å². The molecule has 0 unspecified atom stereocenters. The molecule has 6 aromatic rings. The van der Waals surface area contributed by atoms with Crippen molar-refractivity contribution in [3.63, 3.8) is 0 Å². The average Bonchev–Trinajstić information content (AvgIpc) is 3.27. The van der Waals surface area contributed by atoms with E-state index in [-0.39, 0.29) is 5.41 Å². The van der Waals surface area contributed by atoms with E-state index in [1.807, 2.05) is 12.3 Å². The van der Waals surface area contributed by atoms with Gasteiger partial charge in [-0.15, -0.1) is 0 Å². The van der Waals surface area contributed by atoms with Gasteiger partial charge in [0.25, 0.3) is 0 Å². The van der Waals surface area contributed by atoms with Crippen molar-refractivity contribution >= 4 is 33.3 Å². The molecule has 0 spiro atoms. The quantitative estimate of drug-likeness (QED) is 0.252. The number of para-hydroxylation sites is 1. The number of pyridine rings is 1. The number of nitrogens with one attached hydrogen (secondary N) is 1. The summed E-state index contributed by atoms with van der Waals surface area (Å²) in [5, 5.41) is 6.06. The maximum atomic E-state index is 6.59. The Hall–Kier alpha value is -4.37. The Morgan fingerprint density at radius 3 is 2.41 bits per heavy atom. The first-order valence-electron chi connectivity index (χ1n) is 13.7. The molecule has 0 saturated carbocycles. The van der Waals surface area contributed by atoms with Gasteiger partial charge < -0.3 is 9.73 Å². The molecule has 39 heavy (non-hydrogen) atoms. The van der Waals surface area contributed by atoms with Gasteiger partial charge in [0.05, 0.1) is 5.69 Å². The van der Waals surface area contributed by atoms with Gasteiger partial charge in [-0.25, -0.2) is 0 Å². The van der Waals surface area contributed by atoms with Crippen LogP contribution in [0.2, 0.25) is 0 Å². The summed E-state index contributed by atoms with van der Waals surface area (Å²) in [7, 11) is 0. The first kappa shape index (κ1) is 23.7. The third kappa shape index (κ3) is 4.01. The summed E-state index contributed by atoms with van der Waals surface area (Å²) < 4.78 is 6.59. The Morgan fingerprint density at radius 1 is 0.769 bits per heavy atom. The Bertz CT molecular complexity index is 1920. The third-order valence-corrected chi connectivity index (χ3v) is 7.81. The van der Waals surface area contributed by atoms with E-state index in [0.29, 0.717) is 0 Å². The van der Waals surface area contributed by atoms with Gasteiger partial charge in [-0.1, -0.05) is 56.7 Å². The Labute approximate surface area is 229 Å². The molecule has 192 valence electrons. The lowest BCUT2D eigenvalue weighted by Crippen LogP contribution is -2.09. The van der Waals surface area contributed by atoms with Gasteiger partial charge in [0.1, 0.15) is 11.2 Å². The summed E-state index contributed by atoms with van der Waals surface area (Å²) in [6, 6.07) is 28.3. The molecule has 0 saturated heterocycles. The number of anilines is 2. The smallest absolute Gasteiger partial charge is 0.143 e. The van der Waals surface area contributed by atoms with Crippen molar-refractivity contribution in [2.45, 2.75) is 41.0 Å². The molecule has 2 bridgehead atoms. The molecule has 1 aliphatic heterocycles. The van der Waals surface area contributed by atoms with Crippen LogP contribution in [-0.4, -0.2) is 4.98 Å². The minimum absolute atomic E-state index is 0.213. The Balaban J connectivity index is 1.52. The highest BCUT2D eigenvalue weighted by Crippen LogP contribution is 2.49. The molecular formula is C36H32N2O. The van der Waals surface area contributed by atoms with Gasteiger partial charge in [-0.2, -0.15) is 0 Å². The van der Waals surface area contributed by atoms with Crippen LogP contribution in [0.1, 0.15) is 37.5 Å². The molecule has 1 aliphatic rings. The zero-order chi connectivity index (χ0) is 26.9. The van der Waals surface area contributed by atoms with Gasteiger partial charge in [-0.05, 0) is 90.9 Å². The SMILES string of the molecule is Cc1ccc2c(c1)-c1cc3c(oc4ccccc43)c(c1C)-c1cc(-c3cc(CC(C)(C)C)ccn3)ccc1N2. The van der Waals surface area contributed by atoms with Crippen molar-refractivity contribution in [2.75, 3.05) is 5.32 Å². The van der Waals surface area contributed by atoms with E-state index in [1.54, 1.807) is 0 Å². The summed E-state index contributed by atoms with van der Waals surface area (Å²) in [5.74, 6) is 0. The van der Waals surface area contributed by atoms with Crippen molar-refractivity contribution in [2.24, 2.45) is 5.41 Å². The highest BCUT2D eigenvalue weighted by molar-refractivity contribution is 6.14. The molecule has 0 radical (unpaired) electrons. The number of rotatable bonds is 2. The van der Waals surface area contributed by atoms with Crippen molar-refractivity contribution in [1.82, 2.24) is 4.98 Å². The standard InChI is InChI=1S/C36H32N2O/c1-21-10-12-30-27(16-21)26-19-28-25-8-6-7-9-33(25)39-35(28)34(22(26)2)29-18-24(11-13-31(29)38-30)32-17-23(14-15-37-32)20-36(3,4)5/h6-19,38H,20H2,1-5H3. The van der Waals surface area contributed by atoms with E-state index < -0.39 is 0 Å². The Kier molecular flexibility index (Phi) is 5.21. The van der Waals surface area contributed by atoms with E-state index >= 15 is 0 Å². The van der Waals surface area contributed by atoms with Crippen molar-refractivity contribution < 1.29 is 4.42 Å². The molecule has 0 atom stereocenters. The summed E-state index contributed by atoms with van der Waals surface area (Å²) in [4.78, 5) is 4.78. The second-order valence-corrected chi connectivity index (χ2v) is 12.1. The summed E-state index contributed by atoms with van der Waals surface area (Å²) >= 11 is 0. The molecule has 4 aromatic carbocycles. The maximum Gasteiger partial charge on any atom is 0.143 e. The zero-order valence-electron chi connectivity index (χ0n) is 23.1. The topological polar surface area (TPSA) is 38.1 Å². The minimum atomic E-state index is 0.213. The fourth-order valence-corrected chi connectivity index (χ4v) is 6.06. The highest BCUT2D eigenvalue weighted by atomic mass is 16.3. The fourth-order valence-electron chi connectivity index (χ4n) is 6.06. The normalized spacial score (nSPS) is 12.5. The molecule has 0 fully saturated rings. The Morgan fingerprint density at radius 2 is 1.56 bits per heavy atom. The number of benzene rings is 4. The average molecular weight is 509 g/mol. The van der Waals surface area contributed by atoms with Crippen LogP contribution >= 0.6 is 0 Å². The van der Waals surface area contributed by atoms with E-state index in [4.69, 9.17) is 9.40 Å². The lowest BCUT2D eigenvalue weighted by molar-refractivity contribution is 0.411. The summed E-state index contributed by atoms with van der Waals surface area (Å²) in [6.45, 7) is 11.2. The largest absolute Gasteiger partial charge is 0.455 e. The van der Waals surface area contributed by atoms with Crippen molar-refractivity contribution in [1.29, 1.82) is 0 Å². The van der Waals surface area contributed by atoms with Gasteiger partial charge in [-0.3, -0.25) is 4.98 Å². The van der Waals surface area contributed by atoms with E-state index in [1.165, 1.54) is 27.8 Å². The summed E-state index contributed by atoms with van der Waals surface area (Å²) in [5.41, 5.74) is 14.8. The molecule has 7 rings (SSSR count). The molecule has 0 amide bonds. The molecular weight excluding hydrogens is 476 g/mol. The number of aromatic nitrogens is 1. The molecule has 3 heteroatoms. The monoisotopic (exact) mass is 508 g/mol. The van der Waals surface area contributed by atoms with Crippen LogP contribution in [0.4, 0.5) is 11.4 Å². The van der Waals surface area contributed by atoms with Crippen molar-refractivity contribution in [3.05, 3.63) is 102 Å². The third-order valence-electron chi connectivity index (χ3n) is 7.81. The number of hydrogen-bond acceptors (Lipinski definition) is 3. The van der Waals surface area contributed by atoms with Crippen LogP contribution in [-0.2, 0) is 6.42 Å². The number of aryl methyl sites for hydroxylation is 1. The molecule has 3 nitrogen and oxygen atoms in total. The van der Waals surface area contributed by atoms with Crippen LogP contribution in [0, 0.1) is 19.3 Å². The highest BCUT2D eigenvalue weighted by Gasteiger charge is 2.25. The lowest BCUT2D eigenvalue weighted by atomic mass is 9.86. The number of fused-ring (bicyclic) bond motifs is 10. The summed E-state index contributed by atoms with van der Waals surface area (Å²) in [6.07, 6.45) is 2.94. The maximum absolute atomic E-state index is 6.59.